The molecule has 7 nitrogen and oxygen atoms in total. The summed E-state index contributed by atoms with van der Waals surface area (Å²) in [4.78, 5) is 4.76. The lowest BCUT2D eigenvalue weighted by Crippen LogP contribution is -2.17. The van der Waals surface area contributed by atoms with Crippen LogP contribution in [0.4, 0.5) is 0 Å². The molecule has 2 fully saturated rings. The van der Waals surface area contributed by atoms with Gasteiger partial charge in [0.05, 0.1) is 23.1 Å². The Bertz CT molecular complexity index is 1230. The molecule has 2 aliphatic rings. The minimum Gasteiger partial charge on any atom is -0.381 e. The number of benzene rings is 1. The standard InChI is InChI=1S/C25H29ClN2O5S/c26-23-21-16-19(10-9-18-6-4-5-12-31-13-11-18)28(34(29,30)20-7-2-1-3-8-20)24(21)27-17-22(23)25-32-14-15-33-25/h1-3,7-8,16-18,25H,4-6,9-15H2. The van der Waals surface area contributed by atoms with Crippen molar-refractivity contribution in [3.05, 3.63) is 58.9 Å². The van der Waals surface area contributed by atoms with E-state index in [9.17, 15) is 8.42 Å². The molecule has 0 amide bonds. The van der Waals surface area contributed by atoms with E-state index in [1.54, 1.807) is 36.5 Å². The molecule has 2 aliphatic heterocycles. The Morgan fingerprint density at radius 1 is 1.03 bits per heavy atom. The minimum absolute atomic E-state index is 0.220. The Labute approximate surface area is 205 Å². The molecule has 1 unspecified atom stereocenters. The molecule has 2 aromatic heterocycles. The molecule has 3 aromatic rings. The van der Waals surface area contributed by atoms with E-state index in [-0.39, 0.29) is 4.90 Å². The Morgan fingerprint density at radius 3 is 2.62 bits per heavy atom. The third-order valence-electron chi connectivity index (χ3n) is 6.61. The van der Waals surface area contributed by atoms with Crippen molar-refractivity contribution in [1.82, 2.24) is 8.96 Å². The average Bonchev–Trinajstić information content (AvgIpc) is 3.48. The number of fused-ring (bicyclic) bond motifs is 1. The zero-order valence-electron chi connectivity index (χ0n) is 19.0. The van der Waals surface area contributed by atoms with E-state index in [0.717, 1.165) is 45.3 Å². The first-order valence-electron chi connectivity index (χ1n) is 11.9. The summed E-state index contributed by atoms with van der Waals surface area (Å²) in [7, 11) is -3.86. The molecule has 0 saturated carbocycles. The molecular weight excluding hydrogens is 476 g/mol. The van der Waals surface area contributed by atoms with Crippen molar-refractivity contribution in [1.29, 1.82) is 0 Å². The lowest BCUT2D eigenvalue weighted by molar-refractivity contribution is -0.0441. The van der Waals surface area contributed by atoms with E-state index in [4.69, 9.17) is 25.8 Å². The molecule has 4 heterocycles. The van der Waals surface area contributed by atoms with Crippen LogP contribution in [-0.4, -0.2) is 43.8 Å². The Hall–Kier alpha value is -1.97. The van der Waals surface area contributed by atoms with E-state index in [1.807, 2.05) is 6.07 Å². The van der Waals surface area contributed by atoms with Gasteiger partial charge in [0.2, 0.25) is 0 Å². The van der Waals surface area contributed by atoms with Crippen molar-refractivity contribution in [2.75, 3.05) is 26.4 Å². The van der Waals surface area contributed by atoms with Gasteiger partial charge in [0.25, 0.3) is 10.0 Å². The number of pyridine rings is 1. The van der Waals surface area contributed by atoms with Gasteiger partial charge in [-0.1, -0.05) is 42.6 Å². The third kappa shape index (κ3) is 4.75. The van der Waals surface area contributed by atoms with Gasteiger partial charge in [0.1, 0.15) is 0 Å². The van der Waals surface area contributed by atoms with Gasteiger partial charge >= 0.3 is 0 Å². The summed E-state index contributed by atoms with van der Waals surface area (Å²) in [5, 5.41) is 1.01. The number of hydrogen-bond acceptors (Lipinski definition) is 6. The summed E-state index contributed by atoms with van der Waals surface area (Å²) in [5.74, 6) is 0.491. The van der Waals surface area contributed by atoms with Gasteiger partial charge in [-0.15, -0.1) is 0 Å². The number of rotatable bonds is 6. The molecule has 0 N–H and O–H groups in total. The smallest absolute Gasteiger partial charge is 0.269 e. The van der Waals surface area contributed by atoms with Crippen LogP contribution in [0.25, 0.3) is 11.0 Å². The second-order valence-electron chi connectivity index (χ2n) is 8.86. The molecule has 0 bridgehead atoms. The maximum Gasteiger partial charge on any atom is 0.269 e. The summed E-state index contributed by atoms with van der Waals surface area (Å²) in [6.07, 6.45) is 6.80. The van der Waals surface area contributed by atoms with Crippen molar-refractivity contribution in [3.8, 4) is 0 Å². The van der Waals surface area contributed by atoms with Gasteiger partial charge in [-0.25, -0.2) is 17.4 Å². The van der Waals surface area contributed by atoms with Gasteiger partial charge < -0.3 is 14.2 Å². The molecule has 1 aromatic carbocycles. The van der Waals surface area contributed by atoms with Crippen LogP contribution in [0.3, 0.4) is 0 Å². The van der Waals surface area contributed by atoms with Crippen molar-refractivity contribution in [3.63, 3.8) is 0 Å². The van der Waals surface area contributed by atoms with Crippen LogP contribution in [0.5, 0.6) is 0 Å². The third-order valence-corrected chi connectivity index (χ3v) is 8.79. The normalized spacial score (nSPS) is 20.4. The van der Waals surface area contributed by atoms with Crippen LogP contribution in [0.15, 0.2) is 47.5 Å². The van der Waals surface area contributed by atoms with Crippen LogP contribution < -0.4 is 0 Å². The van der Waals surface area contributed by atoms with Gasteiger partial charge in [-0.3, -0.25) is 0 Å². The minimum atomic E-state index is -3.86. The highest BCUT2D eigenvalue weighted by Gasteiger charge is 2.29. The van der Waals surface area contributed by atoms with E-state index in [0.29, 0.717) is 52.9 Å². The second-order valence-corrected chi connectivity index (χ2v) is 11.0. The second kappa shape index (κ2) is 10.3. The predicted octanol–water partition coefficient (Wildman–Crippen LogP) is 5.11. The fourth-order valence-corrected chi connectivity index (χ4v) is 6.59. The van der Waals surface area contributed by atoms with Crippen LogP contribution in [0, 0.1) is 5.92 Å². The highest BCUT2D eigenvalue weighted by molar-refractivity contribution is 7.90. The Morgan fingerprint density at radius 2 is 1.82 bits per heavy atom. The molecule has 1 atom stereocenters. The summed E-state index contributed by atoms with van der Waals surface area (Å²) >= 11 is 6.77. The van der Waals surface area contributed by atoms with Gasteiger partial charge in [-0.2, -0.15) is 0 Å². The van der Waals surface area contributed by atoms with Crippen LogP contribution >= 0.6 is 11.6 Å². The zero-order chi connectivity index (χ0) is 23.5. The highest BCUT2D eigenvalue weighted by Crippen LogP contribution is 2.37. The quantitative estimate of drug-likeness (QED) is 0.464. The number of nitrogens with zero attached hydrogens (tertiary/aromatic N) is 2. The maximum absolute atomic E-state index is 13.7. The molecular formula is C25H29ClN2O5S. The molecule has 2 saturated heterocycles. The van der Waals surface area contributed by atoms with Crippen molar-refractivity contribution in [2.24, 2.45) is 5.92 Å². The van der Waals surface area contributed by atoms with E-state index in [1.165, 1.54) is 3.97 Å². The molecule has 182 valence electrons. The van der Waals surface area contributed by atoms with Crippen molar-refractivity contribution in [2.45, 2.75) is 49.7 Å². The number of aromatic nitrogens is 2. The average molecular weight is 505 g/mol. The van der Waals surface area contributed by atoms with Crippen molar-refractivity contribution >= 4 is 32.7 Å². The topological polar surface area (TPSA) is 79.7 Å². The molecule has 0 radical (unpaired) electrons. The molecule has 9 heteroatoms. The number of ether oxygens (including phenoxy) is 3. The molecule has 5 rings (SSSR count). The SMILES string of the molecule is O=S(=O)(c1ccccc1)n1c(CCC2CCCCOCC2)cc2c(Cl)c(C3OCCO3)cnc21. The molecule has 0 aliphatic carbocycles. The van der Waals surface area contributed by atoms with Crippen LogP contribution in [0.2, 0.25) is 5.02 Å². The fourth-order valence-electron chi connectivity index (χ4n) is 4.78. The number of halogens is 1. The predicted molar refractivity (Wildman–Crippen MR) is 130 cm³/mol. The zero-order valence-corrected chi connectivity index (χ0v) is 20.6. The summed E-state index contributed by atoms with van der Waals surface area (Å²) in [6, 6.07) is 10.3. The first-order chi connectivity index (χ1) is 16.6. The fraction of sp³-hybridized carbons (Fsp3) is 0.480. The monoisotopic (exact) mass is 504 g/mol. The summed E-state index contributed by atoms with van der Waals surface area (Å²) < 4.78 is 45.7. The first-order valence-corrected chi connectivity index (χ1v) is 13.7. The molecule has 0 spiro atoms. The van der Waals surface area contributed by atoms with Gasteiger partial charge in [0.15, 0.2) is 11.9 Å². The van der Waals surface area contributed by atoms with E-state index in [2.05, 4.69) is 4.98 Å². The number of hydrogen-bond donors (Lipinski definition) is 0. The number of aryl methyl sites for hydroxylation is 1. The summed E-state index contributed by atoms with van der Waals surface area (Å²) in [5.41, 5.74) is 1.62. The van der Waals surface area contributed by atoms with E-state index >= 15 is 0 Å². The van der Waals surface area contributed by atoms with Gasteiger partial charge in [0, 0.05) is 36.1 Å². The van der Waals surface area contributed by atoms with E-state index < -0.39 is 16.3 Å². The lowest BCUT2D eigenvalue weighted by atomic mass is 9.92. The molecule has 34 heavy (non-hydrogen) atoms. The summed E-state index contributed by atoms with van der Waals surface area (Å²) in [6.45, 7) is 2.56. The first kappa shape index (κ1) is 23.8. The lowest BCUT2D eigenvalue weighted by Gasteiger charge is -2.20. The Balaban J connectivity index is 1.56. The van der Waals surface area contributed by atoms with Gasteiger partial charge in [-0.05, 0) is 49.8 Å². The highest BCUT2D eigenvalue weighted by atomic mass is 35.5. The Kier molecular flexibility index (Phi) is 7.22. The van der Waals surface area contributed by atoms with Crippen LogP contribution in [0.1, 0.15) is 49.7 Å². The van der Waals surface area contributed by atoms with Crippen LogP contribution in [-0.2, 0) is 30.7 Å². The van der Waals surface area contributed by atoms with Crippen molar-refractivity contribution < 1.29 is 22.6 Å². The maximum atomic E-state index is 13.7. The largest absolute Gasteiger partial charge is 0.381 e.